The van der Waals surface area contributed by atoms with Crippen molar-refractivity contribution in [2.75, 3.05) is 33.9 Å². The number of carbonyl (C=O) groups is 2. The smallest absolute Gasteiger partial charge is 0.309 e. The van der Waals surface area contributed by atoms with Crippen LogP contribution in [0.1, 0.15) is 44.9 Å². The maximum Gasteiger partial charge on any atom is 0.309 e. The Balaban J connectivity index is 1.64. The molecule has 1 aliphatic carbocycles. The molecule has 33 heavy (non-hydrogen) atoms. The van der Waals surface area contributed by atoms with E-state index in [1.165, 1.54) is 36.7 Å². The molecule has 0 bridgehead atoms. The fourth-order valence-electron chi connectivity index (χ4n) is 4.15. The zero-order chi connectivity index (χ0) is 23.8. The number of carbonyl (C=O) groups excluding carboxylic acids is 2. The van der Waals surface area contributed by atoms with E-state index in [-0.39, 0.29) is 29.8 Å². The fourth-order valence-corrected chi connectivity index (χ4v) is 5.73. The van der Waals surface area contributed by atoms with Gasteiger partial charge in [-0.2, -0.15) is 4.31 Å². The van der Waals surface area contributed by atoms with Crippen molar-refractivity contribution in [1.29, 1.82) is 0 Å². The Hall–Kier alpha value is -2.37. The van der Waals surface area contributed by atoms with E-state index in [0.717, 1.165) is 38.5 Å². The summed E-state index contributed by atoms with van der Waals surface area (Å²) >= 11 is 0. The van der Waals surface area contributed by atoms with Crippen LogP contribution in [0.4, 0.5) is 0 Å². The molecule has 1 saturated carbocycles. The number of hydrogen-bond acceptors (Lipinski definition) is 7. The Kier molecular flexibility index (Phi) is 8.93. The first-order chi connectivity index (χ1) is 15.9. The Morgan fingerprint density at radius 1 is 1.03 bits per heavy atom. The first kappa shape index (κ1) is 25.3. The summed E-state index contributed by atoms with van der Waals surface area (Å²) in [4.78, 5) is 24.7. The molecule has 1 heterocycles. The second-order valence-corrected chi connectivity index (χ2v) is 10.1. The van der Waals surface area contributed by atoms with Crippen LogP contribution in [0.3, 0.4) is 0 Å². The van der Waals surface area contributed by atoms with E-state index < -0.39 is 28.1 Å². The number of amides is 2. The van der Waals surface area contributed by atoms with Crippen molar-refractivity contribution in [2.24, 2.45) is 0 Å². The molecular formula is C22H33N3O7S. The molecule has 1 aliphatic heterocycles. The van der Waals surface area contributed by atoms with Gasteiger partial charge in [-0.3, -0.25) is 9.59 Å². The molecule has 2 aliphatic rings. The Bertz CT molecular complexity index is 930. The molecule has 10 nitrogen and oxygen atoms in total. The minimum Gasteiger partial charge on any atom is -0.493 e. The van der Waals surface area contributed by atoms with Crippen molar-refractivity contribution < 1.29 is 32.2 Å². The van der Waals surface area contributed by atoms with Crippen molar-refractivity contribution in [2.45, 2.75) is 62.1 Å². The van der Waals surface area contributed by atoms with Crippen LogP contribution >= 0.6 is 0 Å². The maximum absolute atomic E-state index is 13.3. The number of nitrogens with zero attached hydrogens (tertiary/aromatic N) is 1. The van der Waals surface area contributed by atoms with Crippen molar-refractivity contribution in [1.82, 2.24) is 14.9 Å². The number of nitrogens with one attached hydrogen (secondary N) is 2. The summed E-state index contributed by atoms with van der Waals surface area (Å²) in [5, 5.41) is 5.31. The van der Waals surface area contributed by atoms with Crippen LogP contribution < -0.4 is 20.1 Å². The maximum atomic E-state index is 13.3. The molecule has 0 spiro atoms. The highest BCUT2D eigenvalue weighted by Crippen LogP contribution is 2.31. The van der Waals surface area contributed by atoms with Crippen LogP contribution in [0.2, 0.25) is 0 Å². The highest BCUT2D eigenvalue weighted by atomic mass is 32.2. The highest BCUT2D eigenvalue weighted by Gasteiger charge is 2.35. The largest absolute Gasteiger partial charge is 0.493 e. The topological polar surface area (TPSA) is 123 Å². The van der Waals surface area contributed by atoms with E-state index in [4.69, 9.17) is 14.2 Å². The van der Waals surface area contributed by atoms with Gasteiger partial charge in [0.15, 0.2) is 11.5 Å². The monoisotopic (exact) mass is 483 g/mol. The SMILES string of the molecule is COc1ccc(S(=O)(=O)N2CCCOC2CNC(=O)C(=O)NC2CCCCCC2)cc1OC. The van der Waals surface area contributed by atoms with Crippen molar-refractivity contribution in [3.63, 3.8) is 0 Å². The zero-order valence-electron chi connectivity index (χ0n) is 19.2. The van der Waals surface area contributed by atoms with Gasteiger partial charge < -0.3 is 24.8 Å². The van der Waals surface area contributed by atoms with Gasteiger partial charge in [0.2, 0.25) is 10.0 Å². The van der Waals surface area contributed by atoms with Gasteiger partial charge in [0.1, 0.15) is 6.23 Å². The molecule has 1 unspecified atom stereocenters. The molecule has 184 valence electrons. The number of methoxy groups -OCH3 is 2. The van der Waals surface area contributed by atoms with E-state index in [2.05, 4.69) is 10.6 Å². The summed E-state index contributed by atoms with van der Waals surface area (Å²) < 4.78 is 43.8. The molecule has 3 rings (SSSR count). The molecular weight excluding hydrogens is 450 g/mol. The summed E-state index contributed by atoms with van der Waals surface area (Å²) in [6, 6.07) is 4.34. The van der Waals surface area contributed by atoms with E-state index >= 15 is 0 Å². The zero-order valence-corrected chi connectivity index (χ0v) is 20.0. The number of hydrogen-bond donors (Lipinski definition) is 2. The van der Waals surface area contributed by atoms with Gasteiger partial charge in [0, 0.05) is 18.7 Å². The predicted molar refractivity (Wildman–Crippen MR) is 120 cm³/mol. The van der Waals surface area contributed by atoms with Gasteiger partial charge in [-0.15, -0.1) is 0 Å². The first-order valence-corrected chi connectivity index (χ1v) is 12.7. The third-order valence-corrected chi connectivity index (χ3v) is 7.83. The van der Waals surface area contributed by atoms with Crippen LogP contribution in [0.5, 0.6) is 11.5 Å². The van der Waals surface area contributed by atoms with E-state index in [9.17, 15) is 18.0 Å². The van der Waals surface area contributed by atoms with E-state index in [1.807, 2.05) is 0 Å². The molecule has 1 aromatic carbocycles. The van der Waals surface area contributed by atoms with Crippen molar-refractivity contribution >= 4 is 21.8 Å². The van der Waals surface area contributed by atoms with Crippen LogP contribution in [0.15, 0.2) is 23.1 Å². The Labute approximate surface area is 195 Å². The van der Waals surface area contributed by atoms with E-state index in [0.29, 0.717) is 18.8 Å². The van der Waals surface area contributed by atoms with Gasteiger partial charge in [0.05, 0.1) is 32.3 Å². The fraction of sp³-hybridized carbons (Fsp3) is 0.636. The third kappa shape index (κ3) is 6.36. The normalized spacial score (nSPS) is 20.5. The summed E-state index contributed by atoms with van der Waals surface area (Å²) in [5.41, 5.74) is 0. The van der Waals surface area contributed by atoms with Crippen molar-refractivity contribution in [3.8, 4) is 11.5 Å². The second-order valence-electron chi connectivity index (χ2n) is 8.18. The third-order valence-electron chi connectivity index (χ3n) is 5.95. The lowest BCUT2D eigenvalue weighted by Gasteiger charge is -2.34. The highest BCUT2D eigenvalue weighted by molar-refractivity contribution is 7.89. The molecule has 2 N–H and O–H groups in total. The minimum atomic E-state index is -3.94. The average molecular weight is 484 g/mol. The summed E-state index contributed by atoms with van der Waals surface area (Å²) in [7, 11) is -1.05. The second kappa shape index (κ2) is 11.7. The molecule has 0 aromatic heterocycles. The molecule has 0 radical (unpaired) electrons. The number of benzene rings is 1. The van der Waals surface area contributed by atoms with Crippen LogP contribution in [-0.4, -0.2) is 70.7 Å². The van der Waals surface area contributed by atoms with Crippen LogP contribution in [-0.2, 0) is 24.3 Å². The molecule has 11 heteroatoms. The summed E-state index contributed by atoms with van der Waals surface area (Å²) in [6.07, 6.45) is 5.66. The van der Waals surface area contributed by atoms with Gasteiger partial charge in [0.25, 0.3) is 0 Å². The van der Waals surface area contributed by atoms with Crippen LogP contribution in [0, 0.1) is 0 Å². The van der Waals surface area contributed by atoms with Gasteiger partial charge in [-0.05, 0) is 31.4 Å². The Morgan fingerprint density at radius 2 is 1.73 bits per heavy atom. The van der Waals surface area contributed by atoms with Crippen LogP contribution in [0.25, 0.3) is 0 Å². The standard InChI is InChI=1S/C22H33N3O7S/c1-30-18-11-10-17(14-19(18)31-2)33(28,29)25-12-7-13-32-20(25)15-23-21(26)22(27)24-16-8-5-3-4-6-9-16/h10-11,14,16,20H,3-9,12-13,15H2,1-2H3,(H,23,26)(H,24,27). The molecule has 2 amide bonds. The molecule has 1 aromatic rings. The number of rotatable bonds is 7. The first-order valence-electron chi connectivity index (χ1n) is 11.3. The van der Waals surface area contributed by atoms with E-state index in [1.54, 1.807) is 0 Å². The molecule has 1 atom stereocenters. The molecule has 2 fully saturated rings. The quantitative estimate of drug-likeness (QED) is 0.444. The predicted octanol–water partition coefficient (Wildman–Crippen LogP) is 1.40. The van der Waals surface area contributed by atoms with Gasteiger partial charge >= 0.3 is 11.8 Å². The lowest BCUT2D eigenvalue weighted by Crippen LogP contribution is -2.53. The minimum absolute atomic E-state index is 0.00129. The average Bonchev–Trinajstić information content (AvgIpc) is 3.10. The molecule has 1 saturated heterocycles. The lowest BCUT2D eigenvalue weighted by molar-refractivity contribution is -0.140. The lowest BCUT2D eigenvalue weighted by atomic mass is 10.1. The van der Waals surface area contributed by atoms with Crippen molar-refractivity contribution in [3.05, 3.63) is 18.2 Å². The van der Waals surface area contributed by atoms with Gasteiger partial charge in [-0.1, -0.05) is 25.7 Å². The summed E-state index contributed by atoms with van der Waals surface area (Å²) in [6.45, 7) is 0.446. The Morgan fingerprint density at radius 3 is 2.39 bits per heavy atom. The number of sulfonamides is 1. The number of ether oxygens (including phenoxy) is 3. The summed E-state index contributed by atoms with van der Waals surface area (Å²) in [5.74, 6) is -0.796. The van der Waals surface area contributed by atoms with Gasteiger partial charge in [-0.25, -0.2) is 8.42 Å².